The minimum atomic E-state index is -0.239. The van der Waals surface area contributed by atoms with Crippen LogP contribution in [0.15, 0.2) is 17.1 Å². The Morgan fingerprint density at radius 1 is 1.30 bits per heavy atom. The van der Waals surface area contributed by atoms with Crippen molar-refractivity contribution in [3.8, 4) is 11.8 Å². The molecule has 2 aromatic rings. The van der Waals surface area contributed by atoms with Crippen LogP contribution < -0.4 is 16.8 Å². The van der Waals surface area contributed by atoms with E-state index in [1.807, 2.05) is 24.5 Å². The largest absolute Gasteiger partial charge is 0.398 e. The topological polar surface area (TPSA) is 132 Å². The predicted molar refractivity (Wildman–Crippen MR) is 148 cm³/mol. The molecule has 10 heteroatoms. The zero-order chi connectivity index (χ0) is 27.7. The number of carbonyl (C=O) groups is 2. The van der Waals surface area contributed by atoms with E-state index in [-0.39, 0.29) is 41.7 Å². The van der Waals surface area contributed by atoms with E-state index in [2.05, 4.69) is 47.9 Å². The van der Waals surface area contributed by atoms with Gasteiger partial charge in [-0.05, 0) is 56.7 Å². The molecule has 0 radical (unpaired) electrons. The number of amidine groups is 1. The maximum atomic E-state index is 13.2. The summed E-state index contributed by atoms with van der Waals surface area (Å²) < 4.78 is 1.87. The molecule has 2 heterocycles. The molecule has 0 bridgehead atoms. The number of anilines is 1. The number of nitrogens with zero attached hydrogens (tertiary/aromatic N) is 4. The van der Waals surface area contributed by atoms with Gasteiger partial charge >= 0.3 is 0 Å². The van der Waals surface area contributed by atoms with Crippen molar-refractivity contribution < 1.29 is 9.59 Å². The number of hydrogen-bond acceptors (Lipinski definition) is 5. The van der Waals surface area contributed by atoms with Crippen LogP contribution in [-0.4, -0.2) is 51.2 Å². The lowest BCUT2D eigenvalue weighted by Crippen LogP contribution is -2.61. The highest BCUT2D eigenvalue weighted by molar-refractivity contribution is 6.32. The Balaban J connectivity index is 1.83. The van der Waals surface area contributed by atoms with Crippen molar-refractivity contribution in [1.29, 1.82) is 0 Å². The smallest absolute Gasteiger partial charge is 0.298 e. The fourth-order valence-electron chi connectivity index (χ4n) is 4.35. The van der Waals surface area contributed by atoms with Gasteiger partial charge in [-0.15, -0.1) is 0 Å². The van der Waals surface area contributed by atoms with Crippen LogP contribution in [0.1, 0.15) is 80.7 Å². The standard InChI is InChI=1S/C27H36ClN7O2/c1-8-9-23(36)34-13-17(14-34)33-26(37)24-16(4)32-22(35(24)15(2)3)12-31-25(30)18-10-19(27(5,6)7)20(28)11-21(18)29/h10-11,15,17H,12-14,29H2,1-7H3,(H2,30,31)(H,33,37). The van der Waals surface area contributed by atoms with Crippen molar-refractivity contribution in [2.45, 2.75) is 72.5 Å². The van der Waals surface area contributed by atoms with Crippen LogP contribution in [0.2, 0.25) is 5.02 Å². The highest BCUT2D eigenvalue weighted by atomic mass is 35.5. The fraction of sp³-hybridized carbons (Fsp3) is 0.481. The average molecular weight is 526 g/mol. The van der Waals surface area contributed by atoms with Gasteiger partial charge in [-0.2, -0.15) is 0 Å². The van der Waals surface area contributed by atoms with Crippen LogP contribution in [0.25, 0.3) is 0 Å². The lowest BCUT2D eigenvalue weighted by molar-refractivity contribution is -0.129. The number of nitrogens with two attached hydrogens (primary N) is 2. The normalized spacial score (nSPS) is 14.3. The number of aliphatic imine (C=N–C) groups is 1. The van der Waals surface area contributed by atoms with E-state index >= 15 is 0 Å². The number of imidazole rings is 1. The molecule has 1 fully saturated rings. The van der Waals surface area contributed by atoms with Gasteiger partial charge in [0.2, 0.25) is 0 Å². The molecule has 1 aliphatic heterocycles. The summed E-state index contributed by atoms with van der Waals surface area (Å²) in [4.78, 5) is 35.8. The van der Waals surface area contributed by atoms with Gasteiger partial charge in [0, 0.05) is 35.4 Å². The van der Waals surface area contributed by atoms with Crippen molar-refractivity contribution in [2.75, 3.05) is 18.8 Å². The number of aromatic nitrogens is 2. The first kappa shape index (κ1) is 28.1. The third-order valence-corrected chi connectivity index (χ3v) is 6.55. The predicted octanol–water partition coefficient (Wildman–Crippen LogP) is 3.17. The minimum Gasteiger partial charge on any atom is -0.398 e. The summed E-state index contributed by atoms with van der Waals surface area (Å²) in [5.74, 6) is 5.54. The highest BCUT2D eigenvalue weighted by Gasteiger charge is 2.33. The van der Waals surface area contributed by atoms with Crippen LogP contribution in [0.5, 0.6) is 0 Å². The van der Waals surface area contributed by atoms with Gasteiger partial charge in [0.05, 0.1) is 18.3 Å². The van der Waals surface area contributed by atoms with Crippen LogP contribution in [-0.2, 0) is 16.8 Å². The van der Waals surface area contributed by atoms with Gasteiger partial charge in [0.25, 0.3) is 11.8 Å². The first-order chi connectivity index (χ1) is 17.2. The maximum absolute atomic E-state index is 13.2. The molecule has 1 aliphatic rings. The molecular weight excluding hydrogens is 490 g/mol. The summed E-state index contributed by atoms with van der Waals surface area (Å²) in [6.07, 6.45) is 0. The number of nitrogen functional groups attached to an aromatic ring is 1. The molecule has 0 aliphatic carbocycles. The summed E-state index contributed by atoms with van der Waals surface area (Å²) >= 11 is 6.42. The Morgan fingerprint density at radius 3 is 2.51 bits per heavy atom. The first-order valence-corrected chi connectivity index (χ1v) is 12.6. The third kappa shape index (κ3) is 6.08. The van der Waals surface area contributed by atoms with Crippen LogP contribution in [0.4, 0.5) is 5.69 Å². The number of nitrogens with one attached hydrogen (secondary N) is 1. The van der Waals surface area contributed by atoms with E-state index in [9.17, 15) is 9.59 Å². The highest BCUT2D eigenvalue weighted by Crippen LogP contribution is 2.33. The van der Waals surface area contributed by atoms with Gasteiger partial charge in [-0.1, -0.05) is 38.3 Å². The Kier molecular flexibility index (Phi) is 8.23. The van der Waals surface area contributed by atoms with Gasteiger partial charge in [0.15, 0.2) is 0 Å². The van der Waals surface area contributed by atoms with E-state index in [0.29, 0.717) is 46.6 Å². The fourth-order valence-corrected chi connectivity index (χ4v) is 4.80. The molecule has 5 N–H and O–H groups in total. The molecule has 37 heavy (non-hydrogen) atoms. The molecular formula is C27H36ClN7O2. The number of rotatable bonds is 6. The monoisotopic (exact) mass is 525 g/mol. The Bertz CT molecular complexity index is 1300. The van der Waals surface area contributed by atoms with E-state index in [0.717, 1.165) is 5.56 Å². The van der Waals surface area contributed by atoms with Crippen molar-refractivity contribution >= 4 is 34.9 Å². The summed E-state index contributed by atoms with van der Waals surface area (Å²) in [5.41, 5.74) is 15.4. The Labute approximate surface area is 223 Å². The zero-order valence-electron chi connectivity index (χ0n) is 22.6. The first-order valence-electron chi connectivity index (χ1n) is 12.2. The molecule has 1 aromatic heterocycles. The number of carbonyl (C=O) groups excluding carboxylic acids is 2. The van der Waals surface area contributed by atoms with Crippen molar-refractivity contribution in [2.24, 2.45) is 10.7 Å². The number of benzene rings is 1. The van der Waals surface area contributed by atoms with Gasteiger partial charge in [-0.25, -0.2) is 4.98 Å². The molecule has 1 saturated heterocycles. The Morgan fingerprint density at radius 2 is 1.95 bits per heavy atom. The molecule has 198 valence electrons. The number of likely N-dealkylation sites (tertiary alicyclic amines) is 1. The van der Waals surface area contributed by atoms with Gasteiger partial charge in [0.1, 0.15) is 17.4 Å². The second-order valence-corrected chi connectivity index (χ2v) is 11.0. The number of halogens is 1. The molecule has 9 nitrogen and oxygen atoms in total. The zero-order valence-corrected chi connectivity index (χ0v) is 23.3. The molecule has 0 spiro atoms. The summed E-state index contributed by atoms with van der Waals surface area (Å²) in [6.45, 7) is 14.6. The molecule has 0 atom stereocenters. The van der Waals surface area contributed by atoms with E-state index < -0.39 is 0 Å². The van der Waals surface area contributed by atoms with Crippen LogP contribution in [0, 0.1) is 18.8 Å². The molecule has 2 amide bonds. The Hall–Kier alpha value is -3.51. The maximum Gasteiger partial charge on any atom is 0.298 e. The second-order valence-electron chi connectivity index (χ2n) is 10.6. The second kappa shape index (κ2) is 10.9. The summed E-state index contributed by atoms with van der Waals surface area (Å²) in [6, 6.07) is 3.41. The molecule has 3 rings (SSSR count). The van der Waals surface area contributed by atoms with E-state index in [4.69, 9.17) is 23.1 Å². The number of aryl methyl sites for hydroxylation is 1. The minimum absolute atomic E-state index is 0.0410. The average Bonchev–Trinajstić information content (AvgIpc) is 3.09. The van der Waals surface area contributed by atoms with E-state index in [1.165, 1.54) is 0 Å². The van der Waals surface area contributed by atoms with Crippen molar-refractivity contribution in [3.63, 3.8) is 0 Å². The van der Waals surface area contributed by atoms with Crippen LogP contribution >= 0.6 is 11.6 Å². The van der Waals surface area contributed by atoms with Crippen LogP contribution in [0.3, 0.4) is 0 Å². The molecule has 1 aromatic carbocycles. The molecule has 0 unspecified atom stereocenters. The summed E-state index contributed by atoms with van der Waals surface area (Å²) in [5, 5.41) is 3.59. The van der Waals surface area contributed by atoms with Gasteiger partial charge in [-0.3, -0.25) is 14.6 Å². The van der Waals surface area contributed by atoms with Crippen molar-refractivity contribution in [3.05, 3.63) is 45.5 Å². The quantitative estimate of drug-likeness (QED) is 0.231. The number of amides is 2. The van der Waals surface area contributed by atoms with Crippen molar-refractivity contribution in [1.82, 2.24) is 19.8 Å². The lowest BCUT2D eigenvalue weighted by Gasteiger charge is -2.38. The van der Waals surface area contributed by atoms with E-state index in [1.54, 1.807) is 24.8 Å². The SMILES string of the molecule is CC#CC(=O)N1CC(NC(=O)c2c(C)nc(CN=C(N)c3cc(C(C)(C)C)c(Cl)cc3N)n2C(C)C)C1. The lowest BCUT2D eigenvalue weighted by atomic mass is 9.85. The third-order valence-electron chi connectivity index (χ3n) is 6.24. The van der Waals surface area contributed by atoms with Gasteiger partial charge < -0.3 is 26.3 Å². The number of hydrogen-bond donors (Lipinski definition) is 3. The summed E-state index contributed by atoms with van der Waals surface area (Å²) in [7, 11) is 0. The molecule has 0 saturated carbocycles.